The number of rotatable bonds is 3. The van der Waals surface area contributed by atoms with Gasteiger partial charge in [-0.25, -0.2) is 8.42 Å². The van der Waals surface area contributed by atoms with E-state index in [4.69, 9.17) is 0 Å². The van der Waals surface area contributed by atoms with Crippen LogP contribution in [0.15, 0.2) is 0 Å². The molecule has 1 saturated carbocycles. The van der Waals surface area contributed by atoms with Gasteiger partial charge in [-0.1, -0.05) is 0 Å². The zero-order valence-corrected chi connectivity index (χ0v) is 10.6. The fourth-order valence-corrected chi connectivity index (χ4v) is 3.02. The molecule has 0 unspecified atom stereocenters. The van der Waals surface area contributed by atoms with Crippen molar-refractivity contribution >= 4 is 10.0 Å². The van der Waals surface area contributed by atoms with E-state index in [0.717, 1.165) is 7.05 Å². The van der Waals surface area contributed by atoms with E-state index in [1.807, 2.05) is 0 Å². The molecule has 102 valence electrons. The number of nitrogens with one attached hydrogen (secondary N) is 1. The highest BCUT2D eigenvalue weighted by Gasteiger charge is 2.50. The molecule has 17 heavy (non-hydrogen) atoms. The summed E-state index contributed by atoms with van der Waals surface area (Å²) in [5.74, 6) is 0. The van der Waals surface area contributed by atoms with E-state index in [9.17, 15) is 21.6 Å². The van der Waals surface area contributed by atoms with Crippen LogP contribution in [-0.4, -0.2) is 44.4 Å². The van der Waals surface area contributed by atoms with Crippen molar-refractivity contribution in [2.24, 2.45) is 0 Å². The molecule has 1 fully saturated rings. The van der Waals surface area contributed by atoms with E-state index in [1.54, 1.807) is 7.05 Å². The predicted octanol–water partition coefficient (Wildman–Crippen LogP) is 1.30. The SMILES string of the molecule is CNC1CCC(N(C)S(=O)(=O)C(F)(F)F)CC1. The van der Waals surface area contributed by atoms with Gasteiger partial charge in [0.2, 0.25) is 0 Å². The first-order valence-electron chi connectivity index (χ1n) is 5.41. The number of alkyl halides is 3. The van der Waals surface area contributed by atoms with Gasteiger partial charge in [-0.2, -0.15) is 17.5 Å². The van der Waals surface area contributed by atoms with Gasteiger partial charge in [0.05, 0.1) is 0 Å². The number of halogens is 3. The number of hydrogen-bond acceptors (Lipinski definition) is 3. The molecule has 1 rings (SSSR count). The topological polar surface area (TPSA) is 49.4 Å². The molecule has 8 heteroatoms. The zero-order valence-electron chi connectivity index (χ0n) is 9.79. The first-order valence-corrected chi connectivity index (χ1v) is 6.85. The lowest BCUT2D eigenvalue weighted by molar-refractivity contribution is -0.0497. The molecule has 0 aromatic rings. The molecule has 0 aromatic carbocycles. The maximum Gasteiger partial charge on any atom is 0.511 e. The monoisotopic (exact) mass is 274 g/mol. The lowest BCUT2D eigenvalue weighted by Gasteiger charge is -2.34. The maximum atomic E-state index is 12.3. The van der Waals surface area contributed by atoms with Gasteiger partial charge in [-0.3, -0.25) is 0 Å². The van der Waals surface area contributed by atoms with Gasteiger partial charge in [0.15, 0.2) is 0 Å². The molecule has 1 N–H and O–H groups in total. The van der Waals surface area contributed by atoms with Gasteiger partial charge in [-0.05, 0) is 32.7 Å². The molecule has 0 amide bonds. The fourth-order valence-electron chi connectivity index (χ4n) is 2.09. The highest BCUT2D eigenvalue weighted by atomic mass is 32.2. The van der Waals surface area contributed by atoms with E-state index >= 15 is 0 Å². The quantitative estimate of drug-likeness (QED) is 0.844. The molecule has 0 heterocycles. The number of hydrogen-bond donors (Lipinski definition) is 1. The van der Waals surface area contributed by atoms with Crippen molar-refractivity contribution in [1.29, 1.82) is 0 Å². The van der Waals surface area contributed by atoms with Crippen molar-refractivity contribution in [3.05, 3.63) is 0 Å². The van der Waals surface area contributed by atoms with E-state index in [-0.39, 0.29) is 6.04 Å². The molecule has 0 radical (unpaired) electrons. The van der Waals surface area contributed by atoms with Crippen LogP contribution in [0.3, 0.4) is 0 Å². The minimum Gasteiger partial charge on any atom is -0.317 e. The predicted molar refractivity (Wildman–Crippen MR) is 57.8 cm³/mol. The summed E-state index contributed by atoms with van der Waals surface area (Å²) in [5, 5.41) is 3.04. The molecule has 0 aromatic heterocycles. The Morgan fingerprint density at radius 2 is 1.65 bits per heavy atom. The van der Waals surface area contributed by atoms with Crippen molar-refractivity contribution in [2.45, 2.75) is 43.3 Å². The average Bonchev–Trinajstić information content (AvgIpc) is 2.26. The van der Waals surface area contributed by atoms with Crippen molar-refractivity contribution in [3.63, 3.8) is 0 Å². The fraction of sp³-hybridized carbons (Fsp3) is 1.00. The van der Waals surface area contributed by atoms with E-state index in [1.165, 1.54) is 0 Å². The highest BCUT2D eigenvalue weighted by Crippen LogP contribution is 2.31. The van der Waals surface area contributed by atoms with Crippen LogP contribution in [0.5, 0.6) is 0 Å². The number of nitrogens with zero attached hydrogens (tertiary/aromatic N) is 1. The smallest absolute Gasteiger partial charge is 0.317 e. The van der Waals surface area contributed by atoms with Gasteiger partial charge in [0, 0.05) is 19.1 Å². The Morgan fingerprint density at radius 3 is 2.00 bits per heavy atom. The summed E-state index contributed by atoms with van der Waals surface area (Å²) >= 11 is 0. The zero-order chi connectivity index (χ0) is 13.3. The Morgan fingerprint density at radius 1 is 1.18 bits per heavy atom. The Balaban J connectivity index is 2.70. The second kappa shape index (κ2) is 5.11. The molecular formula is C9H17F3N2O2S. The maximum absolute atomic E-state index is 12.3. The standard InChI is InChI=1S/C9H17F3N2O2S/c1-13-7-3-5-8(6-4-7)14(2)17(15,16)9(10,11)12/h7-8,13H,3-6H2,1-2H3. The second-order valence-electron chi connectivity index (χ2n) is 4.26. The van der Waals surface area contributed by atoms with Crippen LogP contribution in [0.2, 0.25) is 0 Å². The molecule has 1 aliphatic carbocycles. The van der Waals surface area contributed by atoms with Gasteiger partial charge >= 0.3 is 15.5 Å². The number of sulfonamides is 1. The summed E-state index contributed by atoms with van der Waals surface area (Å²) in [4.78, 5) is 0. The molecule has 0 bridgehead atoms. The average molecular weight is 274 g/mol. The lowest BCUT2D eigenvalue weighted by Crippen LogP contribution is -2.47. The first-order chi connectivity index (χ1) is 7.70. The first kappa shape index (κ1) is 14.7. The summed E-state index contributed by atoms with van der Waals surface area (Å²) in [6.07, 6.45) is 2.30. The minimum absolute atomic E-state index is 0.272. The van der Waals surface area contributed by atoms with Gasteiger partial charge < -0.3 is 5.32 Å². The molecule has 4 nitrogen and oxygen atoms in total. The third-order valence-electron chi connectivity index (χ3n) is 3.29. The molecule has 0 atom stereocenters. The van der Waals surface area contributed by atoms with Crippen molar-refractivity contribution in [1.82, 2.24) is 9.62 Å². The summed E-state index contributed by atoms with van der Waals surface area (Å²) in [7, 11) is -2.39. The van der Waals surface area contributed by atoms with Crippen molar-refractivity contribution < 1.29 is 21.6 Å². The Hall–Kier alpha value is -0.340. The van der Waals surface area contributed by atoms with Gasteiger partial charge in [-0.15, -0.1) is 0 Å². The molecule has 1 aliphatic rings. The summed E-state index contributed by atoms with van der Waals surface area (Å²) in [5.41, 5.74) is -5.21. The van der Waals surface area contributed by atoms with Crippen LogP contribution in [0.4, 0.5) is 13.2 Å². The largest absolute Gasteiger partial charge is 0.511 e. The van der Waals surface area contributed by atoms with Crippen LogP contribution in [0, 0.1) is 0 Å². The Kier molecular flexibility index (Phi) is 4.43. The van der Waals surface area contributed by atoms with Crippen LogP contribution >= 0.6 is 0 Å². The third-order valence-corrected chi connectivity index (χ3v) is 4.93. The van der Waals surface area contributed by atoms with Gasteiger partial charge in [0.1, 0.15) is 0 Å². The van der Waals surface area contributed by atoms with Crippen LogP contribution in [-0.2, 0) is 10.0 Å². The normalized spacial score (nSPS) is 27.4. The van der Waals surface area contributed by atoms with Crippen molar-refractivity contribution in [3.8, 4) is 0 Å². The Bertz CT molecular complexity index is 348. The summed E-state index contributed by atoms with van der Waals surface area (Å²) in [6.45, 7) is 0. The van der Waals surface area contributed by atoms with Gasteiger partial charge in [0.25, 0.3) is 0 Å². The van der Waals surface area contributed by atoms with E-state index < -0.39 is 21.6 Å². The molecule has 0 aliphatic heterocycles. The minimum atomic E-state index is -5.21. The second-order valence-corrected chi connectivity index (χ2v) is 6.25. The van der Waals surface area contributed by atoms with E-state index in [2.05, 4.69) is 5.32 Å². The summed E-state index contributed by atoms with van der Waals surface area (Å²) < 4.78 is 59.9. The molecular weight excluding hydrogens is 257 g/mol. The third kappa shape index (κ3) is 3.11. The lowest BCUT2D eigenvalue weighted by atomic mass is 9.91. The van der Waals surface area contributed by atoms with Crippen LogP contribution < -0.4 is 5.32 Å². The summed E-state index contributed by atoms with van der Waals surface area (Å²) in [6, 6.07) is -0.278. The van der Waals surface area contributed by atoms with E-state index in [0.29, 0.717) is 30.0 Å². The molecule has 0 spiro atoms. The van der Waals surface area contributed by atoms with Crippen LogP contribution in [0.25, 0.3) is 0 Å². The van der Waals surface area contributed by atoms with Crippen molar-refractivity contribution in [2.75, 3.05) is 14.1 Å². The highest BCUT2D eigenvalue weighted by molar-refractivity contribution is 7.89. The Labute approximate surface area is 99.2 Å². The molecule has 0 saturated heterocycles. The van der Waals surface area contributed by atoms with Crippen LogP contribution in [0.1, 0.15) is 25.7 Å².